The van der Waals surface area contributed by atoms with Crippen LogP contribution in [0.2, 0.25) is 0 Å². The molecule has 6 heteroatoms. The number of rotatable bonds is 7. The molecule has 0 aliphatic heterocycles. The molecule has 0 saturated carbocycles. The molecule has 0 aliphatic carbocycles. The third-order valence-corrected chi connectivity index (χ3v) is 6.68. The first-order chi connectivity index (χ1) is 15.5. The Bertz CT molecular complexity index is 1160. The number of hydrogen-bond donors (Lipinski definition) is 2. The van der Waals surface area contributed by atoms with Crippen LogP contribution in [0.4, 0.5) is 0 Å². The number of aryl methyl sites for hydroxylation is 3. The van der Waals surface area contributed by atoms with E-state index < -0.39 is 12.1 Å². The van der Waals surface area contributed by atoms with Crippen LogP contribution >= 0.6 is 31.9 Å². The van der Waals surface area contributed by atoms with Crippen LogP contribution in [0, 0.1) is 20.8 Å². The van der Waals surface area contributed by atoms with Crippen molar-refractivity contribution < 1.29 is 19.7 Å². The summed E-state index contributed by atoms with van der Waals surface area (Å²) in [5.74, 6) is 0.464. The zero-order chi connectivity index (χ0) is 24.4. The fourth-order valence-corrected chi connectivity index (χ4v) is 5.54. The highest BCUT2D eigenvalue weighted by Crippen LogP contribution is 2.42. The quantitative estimate of drug-likeness (QED) is 0.302. The SMILES string of the molecule is Cc1cc(C)cc(C(O)c2cc(C)c(C(C)C)cc2Oc2c(Br)cc(CC(=O)O)cc2Br)c1. The van der Waals surface area contributed by atoms with Crippen LogP contribution in [0.15, 0.2) is 51.4 Å². The van der Waals surface area contributed by atoms with E-state index in [-0.39, 0.29) is 12.3 Å². The molecule has 0 fully saturated rings. The van der Waals surface area contributed by atoms with Crippen LogP contribution in [0.1, 0.15) is 64.8 Å². The van der Waals surface area contributed by atoms with Crippen molar-refractivity contribution in [3.63, 3.8) is 0 Å². The van der Waals surface area contributed by atoms with Crippen molar-refractivity contribution >= 4 is 37.8 Å². The number of aliphatic hydroxyl groups is 1. The summed E-state index contributed by atoms with van der Waals surface area (Å²) in [6, 6.07) is 13.5. The minimum absolute atomic E-state index is 0.0871. The number of ether oxygens (including phenoxy) is 1. The Hall–Kier alpha value is -2.15. The van der Waals surface area contributed by atoms with Crippen molar-refractivity contribution in [2.75, 3.05) is 0 Å². The maximum atomic E-state index is 11.4. The van der Waals surface area contributed by atoms with Gasteiger partial charge in [-0.3, -0.25) is 4.79 Å². The Labute approximate surface area is 211 Å². The van der Waals surface area contributed by atoms with Crippen molar-refractivity contribution in [2.24, 2.45) is 0 Å². The number of aliphatic hydroxyl groups excluding tert-OH is 1. The fraction of sp³-hybridized carbons (Fsp3) is 0.296. The lowest BCUT2D eigenvalue weighted by Gasteiger charge is -2.22. The van der Waals surface area contributed by atoms with Gasteiger partial charge in [0.15, 0.2) is 5.75 Å². The van der Waals surface area contributed by atoms with Gasteiger partial charge >= 0.3 is 5.97 Å². The lowest BCUT2D eigenvalue weighted by Crippen LogP contribution is -2.06. The van der Waals surface area contributed by atoms with E-state index in [0.717, 1.165) is 27.8 Å². The first-order valence-electron chi connectivity index (χ1n) is 10.7. The Morgan fingerprint density at radius 2 is 1.48 bits per heavy atom. The molecular weight excluding hydrogens is 548 g/mol. The molecule has 3 aromatic rings. The summed E-state index contributed by atoms with van der Waals surface area (Å²) in [6.45, 7) is 10.3. The van der Waals surface area contributed by atoms with E-state index in [1.807, 2.05) is 45.0 Å². The summed E-state index contributed by atoms with van der Waals surface area (Å²) in [5, 5.41) is 20.5. The van der Waals surface area contributed by atoms with Gasteiger partial charge in [0.05, 0.1) is 15.4 Å². The minimum Gasteiger partial charge on any atom is -0.481 e. The van der Waals surface area contributed by atoms with Gasteiger partial charge in [-0.1, -0.05) is 43.2 Å². The van der Waals surface area contributed by atoms with Crippen molar-refractivity contribution in [1.82, 2.24) is 0 Å². The maximum absolute atomic E-state index is 11.4. The normalized spacial score (nSPS) is 12.2. The summed E-state index contributed by atoms with van der Waals surface area (Å²) in [6.07, 6.45) is -0.946. The Morgan fingerprint density at radius 3 is 2.00 bits per heavy atom. The van der Waals surface area contributed by atoms with Crippen LogP contribution in [0.3, 0.4) is 0 Å². The van der Waals surface area contributed by atoms with E-state index in [1.54, 1.807) is 12.1 Å². The lowest BCUT2D eigenvalue weighted by atomic mass is 9.91. The van der Waals surface area contributed by atoms with Gasteiger partial charge in [0, 0.05) is 5.56 Å². The number of halogens is 2. The summed E-state index contributed by atoms with van der Waals surface area (Å²) < 4.78 is 7.64. The molecule has 3 aromatic carbocycles. The molecule has 1 atom stereocenters. The predicted molar refractivity (Wildman–Crippen MR) is 139 cm³/mol. The molecule has 1 unspecified atom stereocenters. The lowest BCUT2D eigenvalue weighted by molar-refractivity contribution is -0.136. The Kier molecular flexibility index (Phi) is 8.04. The number of aliphatic carboxylic acids is 1. The molecule has 0 heterocycles. The van der Waals surface area contributed by atoms with Crippen molar-refractivity contribution in [2.45, 2.75) is 53.1 Å². The predicted octanol–water partition coefficient (Wildman–Crippen LogP) is 7.76. The minimum atomic E-state index is -0.901. The molecule has 2 N–H and O–H groups in total. The van der Waals surface area contributed by atoms with Gasteiger partial charge in [-0.2, -0.15) is 0 Å². The van der Waals surface area contributed by atoms with Gasteiger partial charge in [0.25, 0.3) is 0 Å². The van der Waals surface area contributed by atoms with E-state index >= 15 is 0 Å². The van der Waals surface area contributed by atoms with Crippen LogP contribution in [0.25, 0.3) is 0 Å². The summed E-state index contributed by atoms with van der Waals surface area (Å²) in [5.41, 5.74) is 6.53. The van der Waals surface area contributed by atoms with E-state index in [9.17, 15) is 9.90 Å². The molecule has 0 spiro atoms. The first kappa shape index (κ1) is 25.5. The number of carboxylic acid groups (broad SMARTS) is 1. The van der Waals surface area contributed by atoms with Crippen LogP contribution in [-0.4, -0.2) is 16.2 Å². The van der Waals surface area contributed by atoms with E-state index in [4.69, 9.17) is 9.84 Å². The molecule has 0 saturated heterocycles. The van der Waals surface area contributed by atoms with Crippen molar-refractivity contribution in [3.05, 3.63) is 90.4 Å². The molecule has 174 valence electrons. The highest BCUT2D eigenvalue weighted by Gasteiger charge is 2.22. The maximum Gasteiger partial charge on any atom is 0.307 e. The van der Waals surface area contributed by atoms with Crippen LogP contribution in [-0.2, 0) is 11.2 Å². The number of carboxylic acids is 1. The van der Waals surface area contributed by atoms with Gasteiger partial charge in [-0.05, 0) is 105 Å². The third kappa shape index (κ3) is 6.05. The van der Waals surface area contributed by atoms with Crippen molar-refractivity contribution in [3.8, 4) is 11.5 Å². The van der Waals surface area contributed by atoms with E-state index in [1.165, 1.54) is 0 Å². The Morgan fingerprint density at radius 1 is 0.909 bits per heavy atom. The second-order valence-corrected chi connectivity index (χ2v) is 10.5. The summed E-state index contributed by atoms with van der Waals surface area (Å²) >= 11 is 7.04. The van der Waals surface area contributed by atoms with Gasteiger partial charge in [-0.15, -0.1) is 0 Å². The highest BCUT2D eigenvalue weighted by molar-refractivity contribution is 9.11. The van der Waals surface area contributed by atoms with Crippen LogP contribution < -0.4 is 4.74 Å². The second-order valence-electron chi connectivity index (χ2n) is 8.79. The first-order valence-corrected chi connectivity index (χ1v) is 12.3. The monoisotopic (exact) mass is 574 g/mol. The van der Waals surface area contributed by atoms with Gasteiger partial charge in [0.2, 0.25) is 0 Å². The second kappa shape index (κ2) is 10.4. The van der Waals surface area contributed by atoms with Gasteiger partial charge in [-0.25, -0.2) is 0 Å². The molecule has 4 nitrogen and oxygen atoms in total. The summed E-state index contributed by atoms with van der Waals surface area (Å²) in [4.78, 5) is 11.1. The standard InChI is InChI=1S/C27H28Br2O4/c1-14(2)20-13-24(33-27-22(28)10-18(11-23(27)29)12-25(30)31)21(9-17(20)5)26(32)19-7-15(3)6-16(4)8-19/h6-11,13-14,26,32H,12H2,1-5H3,(H,30,31). The Balaban J connectivity index is 2.12. The smallest absolute Gasteiger partial charge is 0.307 e. The van der Waals surface area contributed by atoms with E-state index in [2.05, 4.69) is 51.8 Å². The fourth-order valence-electron chi connectivity index (χ4n) is 4.09. The van der Waals surface area contributed by atoms with Crippen LogP contribution in [0.5, 0.6) is 11.5 Å². The zero-order valence-corrected chi connectivity index (χ0v) is 22.5. The number of carbonyl (C=O) groups is 1. The third-order valence-electron chi connectivity index (χ3n) is 5.50. The molecule has 0 amide bonds. The zero-order valence-electron chi connectivity index (χ0n) is 19.4. The summed E-state index contributed by atoms with van der Waals surface area (Å²) in [7, 11) is 0. The molecule has 0 aromatic heterocycles. The van der Waals surface area contributed by atoms with Gasteiger partial charge in [0.1, 0.15) is 11.9 Å². The number of hydrogen-bond acceptors (Lipinski definition) is 3. The molecule has 0 radical (unpaired) electrons. The van der Waals surface area contributed by atoms with E-state index in [0.29, 0.717) is 31.6 Å². The highest BCUT2D eigenvalue weighted by atomic mass is 79.9. The largest absolute Gasteiger partial charge is 0.481 e. The molecule has 0 bridgehead atoms. The van der Waals surface area contributed by atoms with Gasteiger partial charge < -0.3 is 14.9 Å². The number of benzene rings is 3. The average molecular weight is 576 g/mol. The molecular formula is C27H28Br2O4. The topological polar surface area (TPSA) is 66.8 Å². The molecule has 3 rings (SSSR count). The molecule has 33 heavy (non-hydrogen) atoms. The average Bonchev–Trinajstić information content (AvgIpc) is 2.69. The molecule has 0 aliphatic rings. The van der Waals surface area contributed by atoms with Crippen molar-refractivity contribution in [1.29, 1.82) is 0 Å².